The molecule has 0 bridgehead atoms. The quantitative estimate of drug-likeness (QED) is 0.753. The third kappa shape index (κ3) is 5.63. The molecule has 1 heterocycles. The second-order valence-corrected chi connectivity index (χ2v) is 4.90. The SMILES string of the molecule is CC1CSCCN1CCNCC(F)(F)F. The summed E-state index contributed by atoms with van der Waals surface area (Å²) in [7, 11) is 0. The maximum absolute atomic E-state index is 11.8. The summed E-state index contributed by atoms with van der Waals surface area (Å²) in [5, 5.41) is 2.42. The highest BCUT2D eigenvalue weighted by molar-refractivity contribution is 7.99. The molecule has 0 spiro atoms. The zero-order chi connectivity index (χ0) is 11.3. The maximum Gasteiger partial charge on any atom is 0.401 e. The Hall–Kier alpha value is 0.0600. The number of alkyl halides is 3. The lowest BCUT2D eigenvalue weighted by Crippen LogP contribution is -2.44. The summed E-state index contributed by atoms with van der Waals surface area (Å²) in [6, 6.07) is 0.483. The molecule has 6 heteroatoms. The highest BCUT2D eigenvalue weighted by Crippen LogP contribution is 2.15. The van der Waals surface area contributed by atoms with E-state index in [1.807, 2.05) is 11.8 Å². The van der Waals surface area contributed by atoms with Crippen LogP contribution in [0.3, 0.4) is 0 Å². The van der Waals surface area contributed by atoms with Gasteiger partial charge in [-0.3, -0.25) is 4.90 Å². The summed E-state index contributed by atoms with van der Waals surface area (Å²) in [6.45, 7) is 3.34. The van der Waals surface area contributed by atoms with Gasteiger partial charge in [-0.25, -0.2) is 0 Å². The summed E-state index contributed by atoms with van der Waals surface area (Å²) in [4.78, 5) is 2.24. The molecule has 0 amide bonds. The lowest BCUT2D eigenvalue weighted by molar-refractivity contribution is -0.124. The summed E-state index contributed by atoms with van der Waals surface area (Å²) in [5.41, 5.74) is 0. The topological polar surface area (TPSA) is 15.3 Å². The van der Waals surface area contributed by atoms with Crippen molar-refractivity contribution in [2.75, 3.05) is 37.7 Å². The van der Waals surface area contributed by atoms with Crippen LogP contribution in [0.15, 0.2) is 0 Å². The first-order chi connectivity index (χ1) is 6.99. The first-order valence-corrected chi connectivity index (χ1v) is 6.24. The van der Waals surface area contributed by atoms with Crippen LogP contribution in [0.25, 0.3) is 0 Å². The maximum atomic E-state index is 11.8. The van der Waals surface area contributed by atoms with Crippen LogP contribution in [0.2, 0.25) is 0 Å². The van der Waals surface area contributed by atoms with Crippen LogP contribution >= 0.6 is 11.8 Å². The molecule has 1 unspecified atom stereocenters. The Kier molecular flexibility index (Phi) is 5.22. The monoisotopic (exact) mass is 242 g/mol. The van der Waals surface area contributed by atoms with Crippen molar-refractivity contribution < 1.29 is 13.2 Å². The van der Waals surface area contributed by atoms with Crippen molar-refractivity contribution in [2.24, 2.45) is 0 Å². The Morgan fingerprint density at radius 2 is 2.20 bits per heavy atom. The fourth-order valence-electron chi connectivity index (χ4n) is 1.55. The number of nitrogens with one attached hydrogen (secondary N) is 1. The number of hydrogen-bond donors (Lipinski definition) is 1. The molecular formula is C9H17F3N2S. The molecule has 1 saturated heterocycles. The number of hydrogen-bond acceptors (Lipinski definition) is 3. The van der Waals surface area contributed by atoms with Crippen molar-refractivity contribution in [1.29, 1.82) is 0 Å². The normalized spacial score (nSPS) is 24.4. The minimum absolute atomic E-state index is 0.411. The van der Waals surface area contributed by atoms with Crippen molar-refractivity contribution in [3.63, 3.8) is 0 Å². The van der Waals surface area contributed by atoms with Gasteiger partial charge in [-0.1, -0.05) is 0 Å². The molecule has 90 valence electrons. The van der Waals surface area contributed by atoms with Crippen LogP contribution in [-0.2, 0) is 0 Å². The van der Waals surface area contributed by atoms with Gasteiger partial charge in [0.25, 0.3) is 0 Å². The Labute approximate surface area is 92.6 Å². The zero-order valence-corrected chi connectivity index (χ0v) is 9.63. The predicted molar refractivity (Wildman–Crippen MR) is 57.3 cm³/mol. The molecule has 2 nitrogen and oxygen atoms in total. The molecule has 15 heavy (non-hydrogen) atoms. The number of halogens is 3. The van der Waals surface area contributed by atoms with E-state index in [-0.39, 0.29) is 0 Å². The van der Waals surface area contributed by atoms with E-state index >= 15 is 0 Å². The van der Waals surface area contributed by atoms with Gasteiger partial charge in [-0.2, -0.15) is 24.9 Å². The molecule has 0 aromatic carbocycles. The van der Waals surface area contributed by atoms with Crippen LogP contribution in [0.4, 0.5) is 13.2 Å². The van der Waals surface area contributed by atoms with E-state index in [0.717, 1.165) is 18.1 Å². The third-order valence-electron chi connectivity index (χ3n) is 2.41. The fraction of sp³-hybridized carbons (Fsp3) is 1.00. The lowest BCUT2D eigenvalue weighted by Gasteiger charge is -2.32. The summed E-state index contributed by atoms with van der Waals surface area (Å²) < 4.78 is 35.5. The number of thioether (sulfide) groups is 1. The molecule has 1 atom stereocenters. The highest BCUT2D eigenvalue weighted by atomic mass is 32.2. The summed E-state index contributed by atoms with van der Waals surface area (Å²) >= 11 is 1.91. The largest absolute Gasteiger partial charge is 0.401 e. The van der Waals surface area contributed by atoms with Crippen molar-refractivity contribution in [1.82, 2.24) is 10.2 Å². The molecular weight excluding hydrogens is 225 g/mol. The van der Waals surface area contributed by atoms with Crippen LogP contribution < -0.4 is 5.32 Å². The minimum Gasteiger partial charge on any atom is -0.307 e. The van der Waals surface area contributed by atoms with Gasteiger partial charge in [0.1, 0.15) is 0 Å². The van der Waals surface area contributed by atoms with E-state index in [4.69, 9.17) is 0 Å². The Bertz CT molecular complexity index is 187. The van der Waals surface area contributed by atoms with Crippen LogP contribution in [0.5, 0.6) is 0 Å². The van der Waals surface area contributed by atoms with Gasteiger partial charge in [-0.05, 0) is 6.92 Å². The standard InChI is InChI=1S/C9H17F3N2S/c1-8-6-15-5-4-14(8)3-2-13-7-9(10,11)12/h8,13H,2-7H2,1H3. The van der Waals surface area contributed by atoms with Crippen LogP contribution in [0, 0.1) is 0 Å². The summed E-state index contributed by atoms with van der Waals surface area (Å²) in [5.74, 6) is 2.17. The van der Waals surface area contributed by atoms with Gasteiger partial charge in [0.2, 0.25) is 0 Å². The lowest BCUT2D eigenvalue weighted by atomic mass is 10.3. The van der Waals surface area contributed by atoms with E-state index in [1.165, 1.54) is 0 Å². The molecule has 0 aromatic rings. The van der Waals surface area contributed by atoms with Gasteiger partial charge in [0, 0.05) is 37.2 Å². The molecule has 1 fully saturated rings. The average Bonchev–Trinajstić information content (AvgIpc) is 2.13. The summed E-state index contributed by atoms with van der Waals surface area (Å²) in [6.07, 6.45) is -4.09. The molecule has 1 aliphatic rings. The third-order valence-corrected chi connectivity index (χ3v) is 3.60. The Morgan fingerprint density at radius 1 is 1.47 bits per heavy atom. The zero-order valence-electron chi connectivity index (χ0n) is 8.81. The molecule has 0 aliphatic carbocycles. The van der Waals surface area contributed by atoms with Crippen LogP contribution in [0.1, 0.15) is 6.92 Å². The van der Waals surface area contributed by atoms with Crippen LogP contribution in [-0.4, -0.2) is 54.8 Å². The van der Waals surface area contributed by atoms with Gasteiger partial charge in [0.05, 0.1) is 6.54 Å². The van der Waals surface area contributed by atoms with E-state index in [2.05, 4.69) is 17.1 Å². The van der Waals surface area contributed by atoms with Crippen molar-refractivity contribution in [3.8, 4) is 0 Å². The second-order valence-electron chi connectivity index (χ2n) is 3.75. The highest BCUT2D eigenvalue weighted by Gasteiger charge is 2.26. The van der Waals surface area contributed by atoms with E-state index in [9.17, 15) is 13.2 Å². The molecule has 0 radical (unpaired) electrons. The van der Waals surface area contributed by atoms with Crippen molar-refractivity contribution in [3.05, 3.63) is 0 Å². The fourth-order valence-corrected chi connectivity index (χ4v) is 2.63. The van der Waals surface area contributed by atoms with Crippen molar-refractivity contribution in [2.45, 2.75) is 19.1 Å². The molecule has 1 rings (SSSR count). The van der Waals surface area contributed by atoms with Gasteiger partial charge in [0.15, 0.2) is 0 Å². The minimum atomic E-state index is -4.09. The van der Waals surface area contributed by atoms with Gasteiger partial charge in [-0.15, -0.1) is 0 Å². The van der Waals surface area contributed by atoms with Gasteiger partial charge >= 0.3 is 6.18 Å². The second kappa shape index (κ2) is 5.96. The molecule has 0 saturated carbocycles. The molecule has 0 aromatic heterocycles. The van der Waals surface area contributed by atoms with Crippen molar-refractivity contribution >= 4 is 11.8 Å². The van der Waals surface area contributed by atoms with Gasteiger partial charge < -0.3 is 5.32 Å². The number of rotatable bonds is 4. The first kappa shape index (κ1) is 13.1. The molecule has 1 N–H and O–H groups in total. The Morgan fingerprint density at radius 3 is 2.80 bits per heavy atom. The van der Waals surface area contributed by atoms with E-state index in [1.54, 1.807) is 0 Å². The first-order valence-electron chi connectivity index (χ1n) is 5.08. The smallest absolute Gasteiger partial charge is 0.307 e. The van der Waals surface area contributed by atoms with E-state index < -0.39 is 12.7 Å². The van der Waals surface area contributed by atoms with E-state index in [0.29, 0.717) is 19.1 Å². The molecule has 1 aliphatic heterocycles. The average molecular weight is 242 g/mol. The predicted octanol–water partition coefficient (Wildman–Crippen LogP) is 1.58. The Balaban J connectivity index is 2.08. The number of nitrogens with zero attached hydrogens (tertiary/aromatic N) is 1.